The molecule has 0 bridgehead atoms. The van der Waals surface area contributed by atoms with Crippen molar-refractivity contribution in [3.63, 3.8) is 0 Å². The van der Waals surface area contributed by atoms with E-state index in [9.17, 15) is 8.42 Å². The summed E-state index contributed by atoms with van der Waals surface area (Å²) >= 11 is 0. The molecule has 5 rings (SSSR count). The van der Waals surface area contributed by atoms with E-state index in [1.165, 1.54) is 0 Å². The molecular formula is C26H24N2O2S. The third-order valence-corrected chi connectivity index (χ3v) is 7.97. The second-order valence-corrected chi connectivity index (χ2v) is 9.92. The summed E-state index contributed by atoms with van der Waals surface area (Å²) in [5, 5.41) is 0. The zero-order valence-electron chi connectivity index (χ0n) is 17.6. The van der Waals surface area contributed by atoms with E-state index in [2.05, 4.69) is 10.6 Å². The van der Waals surface area contributed by atoms with Gasteiger partial charge in [-0.1, -0.05) is 66.2 Å². The summed E-state index contributed by atoms with van der Waals surface area (Å²) in [5.41, 5.74) is 5.78. The van der Waals surface area contributed by atoms with Gasteiger partial charge in [-0.25, -0.2) is 8.42 Å². The number of rotatable bonds is 3. The Kier molecular flexibility index (Phi) is 4.80. The number of hydrogen-bond acceptors (Lipinski definition) is 2. The molecule has 0 saturated heterocycles. The van der Waals surface area contributed by atoms with E-state index in [-0.39, 0.29) is 0 Å². The average Bonchev–Trinajstić information content (AvgIpc) is 3.19. The highest BCUT2D eigenvalue weighted by Gasteiger charge is 2.38. The van der Waals surface area contributed by atoms with E-state index in [1.807, 2.05) is 86.8 Å². The first-order chi connectivity index (χ1) is 15.0. The van der Waals surface area contributed by atoms with Crippen LogP contribution in [0.4, 0.5) is 0 Å². The van der Waals surface area contributed by atoms with Gasteiger partial charge >= 0.3 is 0 Å². The van der Waals surface area contributed by atoms with E-state index >= 15 is 0 Å². The zero-order chi connectivity index (χ0) is 21.6. The molecule has 1 aliphatic rings. The van der Waals surface area contributed by atoms with Crippen molar-refractivity contribution in [3.05, 3.63) is 119 Å². The molecule has 0 spiro atoms. The van der Waals surface area contributed by atoms with E-state index in [4.69, 9.17) is 0 Å². The molecule has 3 aromatic carbocycles. The third-order valence-electron chi connectivity index (χ3n) is 6.00. The van der Waals surface area contributed by atoms with Crippen LogP contribution in [0.5, 0.6) is 0 Å². The largest absolute Gasteiger partial charge is 0.319 e. The van der Waals surface area contributed by atoms with Crippen LogP contribution in [0.25, 0.3) is 5.69 Å². The van der Waals surface area contributed by atoms with Crippen LogP contribution in [0.1, 0.15) is 34.0 Å². The van der Waals surface area contributed by atoms with Crippen LogP contribution in [0.15, 0.2) is 96.0 Å². The molecular weight excluding hydrogens is 404 g/mol. The Morgan fingerprint density at radius 1 is 0.806 bits per heavy atom. The van der Waals surface area contributed by atoms with E-state index in [1.54, 1.807) is 16.4 Å². The molecule has 31 heavy (non-hydrogen) atoms. The first kappa shape index (κ1) is 19.8. The molecule has 2 heterocycles. The van der Waals surface area contributed by atoms with Crippen LogP contribution < -0.4 is 0 Å². The van der Waals surface area contributed by atoms with Gasteiger partial charge in [-0.3, -0.25) is 0 Å². The molecule has 0 saturated carbocycles. The molecule has 0 radical (unpaired) electrons. The van der Waals surface area contributed by atoms with Crippen molar-refractivity contribution in [3.8, 4) is 5.69 Å². The number of para-hydroxylation sites is 1. The van der Waals surface area contributed by atoms with Gasteiger partial charge in [0.1, 0.15) is 0 Å². The van der Waals surface area contributed by atoms with Crippen molar-refractivity contribution in [2.75, 3.05) is 0 Å². The lowest BCUT2D eigenvalue weighted by Crippen LogP contribution is -2.35. The number of aromatic nitrogens is 1. The summed E-state index contributed by atoms with van der Waals surface area (Å²) in [6.07, 6.45) is 2.01. The monoisotopic (exact) mass is 428 g/mol. The molecule has 0 amide bonds. The Balaban J connectivity index is 1.79. The first-order valence-electron chi connectivity index (χ1n) is 10.4. The first-order valence-corrected chi connectivity index (χ1v) is 11.8. The number of nitrogens with zero attached hydrogens (tertiary/aromatic N) is 2. The van der Waals surface area contributed by atoms with Gasteiger partial charge < -0.3 is 4.57 Å². The molecule has 4 aromatic rings. The Hall–Kier alpha value is -3.15. The maximum absolute atomic E-state index is 14.1. The molecule has 156 valence electrons. The van der Waals surface area contributed by atoms with E-state index in [0.717, 1.165) is 33.6 Å². The molecule has 4 nitrogen and oxygen atoms in total. The van der Waals surface area contributed by atoms with E-state index < -0.39 is 16.1 Å². The molecule has 0 aliphatic carbocycles. The fraction of sp³-hybridized carbons (Fsp3) is 0.154. The van der Waals surface area contributed by atoms with Crippen LogP contribution >= 0.6 is 0 Å². The highest BCUT2D eigenvalue weighted by atomic mass is 32.2. The predicted molar refractivity (Wildman–Crippen MR) is 123 cm³/mol. The molecule has 1 aliphatic heterocycles. The number of hydrogen-bond donors (Lipinski definition) is 0. The summed E-state index contributed by atoms with van der Waals surface area (Å²) < 4.78 is 31.9. The van der Waals surface area contributed by atoms with Crippen molar-refractivity contribution in [1.29, 1.82) is 0 Å². The highest BCUT2D eigenvalue weighted by molar-refractivity contribution is 7.89. The number of benzene rings is 3. The molecule has 1 aromatic heterocycles. The average molecular weight is 429 g/mol. The SMILES string of the molecule is Cc1ccc(C2c3cccn3-c3ccccc3CN2S(=O)(=O)c2ccccc2C)cc1. The lowest BCUT2D eigenvalue weighted by molar-refractivity contribution is 0.353. The summed E-state index contributed by atoms with van der Waals surface area (Å²) in [7, 11) is -3.77. The van der Waals surface area contributed by atoms with E-state index in [0.29, 0.717) is 11.4 Å². The molecule has 1 atom stereocenters. The minimum atomic E-state index is -3.77. The number of aryl methyl sites for hydroxylation is 2. The fourth-order valence-corrected chi connectivity index (χ4v) is 6.20. The third kappa shape index (κ3) is 3.30. The van der Waals surface area contributed by atoms with Crippen molar-refractivity contribution in [1.82, 2.24) is 8.87 Å². The summed E-state index contributed by atoms with van der Waals surface area (Å²) in [5.74, 6) is 0. The Labute approximate surface area is 183 Å². The quantitative estimate of drug-likeness (QED) is 0.439. The lowest BCUT2D eigenvalue weighted by Gasteiger charge is -2.30. The minimum absolute atomic E-state index is 0.299. The fourth-order valence-electron chi connectivity index (χ4n) is 4.40. The predicted octanol–water partition coefficient (Wildman–Crippen LogP) is 5.39. The van der Waals surface area contributed by atoms with Crippen LogP contribution in [0.2, 0.25) is 0 Å². The molecule has 5 heteroatoms. The van der Waals surface area contributed by atoms with Gasteiger partial charge in [-0.15, -0.1) is 0 Å². The Morgan fingerprint density at radius 2 is 1.52 bits per heavy atom. The Bertz CT molecular complexity index is 1350. The van der Waals surface area contributed by atoms with Crippen molar-refractivity contribution in [2.24, 2.45) is 0 Å². The maximum atomic E-state index is 14.1. The molecule has 0 fully saturated rings. The van der Waals surface area contributed by atoms with Crippen molar-refractivity contribution in [2.45, 2.75) is 31.3 Å². The van der Waals surface area contributed by atoms with Gasteiger partial charge in [-0.2, -0.15) is 4.31 Å². The molecule has 1 unspecified atom stereocenters. The van der Waals surface area contributed by atoms with Crippen molar-refractivity contribution >= 4 is 10.0 Å². The highest BCUT2D eigenvalue weighted by Crippen LogP contribution is 2.40. The lowest BCUT2D eigenvalue weighted by atomic mass is 10.0. The molecule has 0 N–H and O–H groups in total. The zero-order valence-corrected chi connectivity index (χ0v) is 18.4. The normalized spacial score (nSPS) is 16.4. The standard InChI is InChI=1S/C26H24N2O2S/c1-19-13-15-21(16-14-19)26-24-11-7-17-27(24)23-10-5-4-9-22(23)18-28(26)31(29,30)25-12-6-3-8-20(25)2/h3-17,26H,18H2,1-2H3. The second-order valence-electron chi connectivity index (χ2n) is 8.06. The Morgan fingerprint density at radius 3 is 2.29 bits per heavy atom. The minimum Gasteiger partial charge on any atom is -0.319 e. The van der Waals surface area contributed by atoms with Crippen LogP contribution in [-0.4, -0.2) is 17.3 Å². The van der Waals surface area contributed by atoms with Gasteiger partial charge in [0.05, 0.1) is 10.9 Å². The van der Waals surface area contributed by atoms with Gasteiger partial charge in [0, 0.05) is 24.1 Å². The summed E-state index contributed by atoms with van der Waals surface area (Å²) in [6.45, 7) is 4.19. The van der Waals surface area contributed by atoms with Gasteiger partial charge in [0.2, 0.25) is 10.0 Å². The maximum Gasteiger partial charge on any atom is 0.244 e. The number of fused-ring (bicyclic) bond motifs is 3. The van der Waals surface area contributed by atoms with Gasteiger partial charge in [-0.05, 0) is 54.8 Å². The van der Waals surface area contributed by atoms with Gasteiger partial charge in [0.25, 0.3) is 0 Å². The van der Waals surface area contributed by atoms with Crippen molar-refractivity contribution < 1.29 is 8.42 Å². The smallest absolute Gasteiger partial charge is 0.244 e. The van der Waals surface area contributed by atoms with Crippen LogP contribution in [-0.2, 0) is 16.6 Å². The van der Waals surface area contributed by atoms with Gasteiger partial charge in [0.15, 0.2) is 0 Å². The topological polar surface area (TPSA) is 42.3 Å². The van der Waals surface area contributed by atoms with Crippen LogP contribution in [0, 0.1) is 13.8 Å². The summed E-state index contributed by atoms with van der Waals surface area (Å²) in [6, 6.07) is 26.9. The van der Waals surface area contributed by atoms with Crippen LogP contribution in [0.3, 0.4) is 0 Å². The summed E-state index contributed by atoms with van der Waals surface area (Å²) in [4.78, 5) is 0.351. The number of sulfonamides is 1. The second kappa shape index (κ2) is 7.52.